The number of rotatable bonds is 2. The van der Waals surface area contributed by atoms with Crippen molar-refractivity contribution in [3.05, 3.63) is 23.3 Å². The van der Waals surface area contributed by atoms with E-state index < -0.39 is 41.2 Å². The molecule has 1 aromatic rings. The lowest BCUT2D eigenvalue weighted by molar-refractivity contribution is -0.276. The largest absolute Gasteiger partial charge is 0.573 e. The molecule has 0 aliphatic rings. The molecule has 0 bridgehead atoms. The molecule has 0 aliphatic heterocycles. The SMILES string of the molecule is Fc1ncc(CCl)c(OC(F)(F)F)c1C(F)(F)F. The van der Waals surface area contributed by atoms with Gasteiger partial charge in [0.05, 0.1) is 5.88 Å². The Kier molecular flexibility index (Phi) is 3.94. The summed E-state index contributed by atoms with van der Waals surface area (Å²) in [5.41, 5.74) is -2.96. The smallest absolute Gasteiger partial charge is 0.405 e. The second-order valence-corrected chi connectivity index (χ2v) is 3.22. The molecular weight excluding hydrogens is 295 g/mol. The zero-order valence-electron chi connectivity index (χ0n) is 8.16. The van der Waals surface area contributed by atoms with Crippen LogP contribution in [-0.4, -0.2) is 11.3 Å². The summed E-state index contributed by atoms with van der Waals surface area (Å²) >= 11 is 5.16. The maximum absolute atomic E-state index is 12.9. The van der Waals surface area contributed by atoms with Crippen molar-refractivity contribution >= 4 is 11.6 Å². The molecule has 2 nitrogen and oxygen atoms in total. The van der Waals surface area contributed by atoms with Crippen LogP contribution >= 0.6 is 11.6 Å². The van der Waals surface area contributed by atoms with Crippen molar-refractivity contribution in [2.24, 2.45) is 0 Å². The van der Waals surface area contributed by atoms with E-state index in [1.807, 2.05) is 0 Å². The van der Waals surface area contributed by atoms with Crippen molar-refractivity contribution in [1.29, 1.82) is 0 Å². The first-order valence-electron chi connectivity index (χ1n) is 4.12. The van der Waals surface area contributed by atoms with Crippen LogP contribution in [-0.2, 0) is 12.1 Å². The Bertz CT molecular complexity index is 442. The van der Waals surface area contributed by atoms with Gasteiger partial charge in [-0.25, -0.2) is 4.98 Å². The molecule has 0 N–H and O–H groups in total. The molecule has 102 valence electrons. The first-order valence-corrected chi connectivity index (χ1v) is 4.66. The predicted octanol–water partition coefficient (Wildman–Crippen LogP) is 3.88. The van der Waals surface area contributed by atoms with Gasteiger partial charge in [0.15, 0.2) is 11.3 Å². The molecule has 0 unspecified atom stereocenters. The van der Waals surface area contributed by atoms with Crippen molar-refractivity contribution < 1.29 is 35.5 Å². The molecule has 0 saturated carbocycles. The maximum Gasteiger partial charge on any atom is 0.573 e. The van der Waals surface area contributed by atoms with Crippen molar-refractivity contribution in [3.8, 4) is 5.75 Å². The van der Waals surface area contributed by atoms with E-state index in [2.05, 4.69) is 9.72 Å². The molecule has 1 heterocycles. The van der Waals surface area contributed by atoms with E-state index in [0.717, 1.165) is 0 Å². The Hall–Kier alpha value is -1.25. The highest BCUT2D eigenvalue weighted by Crippen LogP contribution is 2.41. The van der Waals surface area contributed by atoms with E-state index in [4.69, 9.17) is 11.6 Å². The molecule has 18 heavy (non-hydrogen) atoms. The number of hydrogen-bond donors (Lipinski definition) is 0. The van der Waals surface area contributed by atoms with E-state index in [-0.39, 0.29) is 0 Å². The Labute approximate surface area is 100 Å². The van der Waals surface area contributed by atoms with Crippen LogP contribution in [0.2, 0.25) is 0 Å². The quantitative estimate of drug-likeness (QED) is 0.469. The van der Waals surface area contributed by atoms with Crippen LogP contribution in [0, 0.1) is 5.95 Å². The predicted molar refractivity (Wildman–Crippen MR) is 45.4 cm³/mol. The number of nitrogens with zero attached hydrogens (tertiary/aromatic N) is 1. The van der Waals surface area contributed by atoms with E-state index in [1.54, 1.807) is 0 Å². The average molecular weight is 298 g/mol. The second kappa shape index (κ2) is 4.79. The zero-order chi connectivity index (χ0) is 14.1. The van der Waals surface area contributed by atoms with E-state index in [0.29, 0.717) is 6.20 Å². The number of aromatic nitrogens is 1. The van der Waals surface area contributed by atoms with Crippen molar-refractivity contribution in [1.82, 2.24) is 4.98 Å². The molecule has 0 fully saturated rings. The fourth-order valence-electron chi connectivity index (χ4n) is 1.09. The van der Waals surface area contributed by atoms with Crippen LogP contribution in [0.4, 0.5) is 30.7 Å². The number of alkyl halides is 7. The molecule has 1 rings (SSSR count). The van der Waals surface area contributed by atoms with Gasteiger partial charge in [-0.05, 0) is 0 Å². The summed E-state index contributed by atoms with van der Waals surface area (Å²) in [4.78, 5) is 2.69. The first-order chi connectivity index (χ1) is 8.06. The zero-order valence-corrected chi connectivity index (χ0v) is 8.92. The molecule has 0 atom stereocenters. The summed E-state index contributed by atoms with van der Waals surface area (Å²) in [5.74, 6) is -4.59. The standard InChI is InChI=1S/C8H3ClF7NO/c9-1-3-2-17-6(10)4(7(11,12)13)5(3)18-8(14,15)16/h2H,1H2. The summed E-state index contributed by atoms with van der Waals surface area (Å²) in [5, 5.41) is 0. The molecule has 0 spiro atoms. The highest BCUT2D eigenvalue weighted by atomic mass is 35.5. The van der Waals surface area contributed by atoms with Gasteiger partial charge in [0.2, 0.25) is 5.95 Å². The third-order valence-electron chi connectivity index (χ3n) is 1.70. The lowest BCUT2D eigenvalue weighted by Gasteiger charge is -2.17. The van der Waals surface area contributed by atoms with Gasteiger partial charge in [-0.3, -0.25) is 0 Å². The molecule has 1 aromatic heterocycles. The number of halogens is 8. The van der Waals surface area contributed by atoms with Gasteiger partial charge in [0, 0.05) is 11.8 Å². The van der Waals surface area contributed by atoms with Crippen LogP contribution in [0.3, 0.4) is 0 Å². The Morgan fingerprint density at radius 1 is 1.17 bits per heavy atom. The molecule has 0 saturated heterocycles. The minimum absolute atomic E-state index is 0.443. The Morgan fingerprint density at radius 3 is 2.11 bits per heavy atom. The van der Waals surface area contributed by atoms with E-state index >= 15 is 0 Å². The van der Waals surface area contributed by atoms with Crippen LogP contribution in [0.15, 0.2) is 6.20 Å². The van der Waals surface area contributed by atoms with Gasteiger partial charge < -0.3 is 4.74 Å². The van der Waals surface area contributed by atoms with Crippen LogP contribution in [0.25, 0.3) is 0 Å². The van der Waals surface area contributed by atoms with Crippen molar-refractivity contribution in [3.63, 3.8) is 0 Å². The van der Waals surface area contributed by atoms with Gasteiger partial charge in [-0.1, -0.05) is 0 Å². The van der Waals surface area contributed by atoms with E-state index in [9.17, 15) is 30.7 Å². The van der Waals surface area contributed by atoms with Crippen LogP contribution in [0.5, 0.6) is 5.75 Å². The average Bonchev–Trinajstić information content (AvgIpc) is 2.13. The first kappa shape index (κ1) is 14.8. The second-order valence-electron chi connectivity index (χ2n) is 2.96. The normalized spacial score (nSPS) is 12.7. The molecule has 0 aliphatic carbocycles. The minimum atomic E-state index is -5.41. The van der Waals surface area contributed by atoms with Gasteiger partial charge in [-0.2, -0.15) is 17.6 Å². The topological polar surface area (TPSA) is 22.1 Å². The molecule has 0 amide bonds. The van der Waals surface area contributed by atoms with Gasteiger partial charge in [-0.15, -0.1) is 24.8 Å². The fourth-order valence-corrected chi connectivity index (χ4v) is 1.28. The molecule has 0 aromatic carbocycles. The highest BCUT2D eigenvalue weighted by Gasteiger charge is 2.43. The molecular formula is C8H3ClF7NO. The minimum Gasteiger partial charge on any atom is -0.405 e. The number of pyridine rings is 1. The Morgan fingerprint density at radius 2 is 1.72 bits per heavy atom. The van der Waals surface area contributed by atoms with Crippen molar-refractivity contribution in [2.75, 3.05) is 0 Å². The summed E-state index contributed by atoms with van der Waals surface area (Å²) in [6.45, 7) is 0. The summed E-state index contributed by atoms with van der Waals surface area (Å²) in [6.07, 6.45) is -10.4. The number of hydrogen-bond acceptors (Lipinski definition) is 2. The third kappa shape index (κ3) is 3.37. The van der Waals surface area contributed by atoms with Crippen molar-refractivity contribution in [2.45, 2.75) is 18.4 Å². The van der Waals surface area contributed by atoms with Crippen LogP contribution in [0.1, 0.15) is 11.1 Å². The van der Waals surface area contributed by atoms with Gasteiger partial charge in [0.1, 0.15) is 0 Å². The number of ether oxygens (including phenoxy) is 1. The maximum atomic E-state index is 12.9. The lowest BCUT2D eigenvalue weighted by Crippen LogP contribution is -2.22. The molecule has 10 heteroatoms. The molecule has 0 radical (unpaired) electrons. The lowest BCUT2D eigenvalue weighted by atomic mass is 10.1. The third-order valence-corrected chi connectivity index (χ3v) is 1.99. The van der Waals surface area contributed by atoms with Gasteiger partial charge in [0.25, 0.3) is 0 Å². The highest BCUT2D eigenvalue weighted by molar-refractivity contribution is 6.17. The summed E-state index contributed by atoms with van der Waals surface area (Å²) < 4.78 is 89.3. The monoisotopic (exact) mass is 297 g/mol. The van der Waals surface area contributed by atoms with E-state index in [1.165, 1.54) is 0 Å². The van der Waals surface area contributed by atoms with Gasteiger partial charge >= 0.3 is 12.5 Å². The summed E-state index contributed by atoms with van der Waals surface area (Å²) in [7, 11) is 0. The summed E-state index contributed by atoms with van der Waals surface area (Å²) in [6, 6.07) is 0. The van der Waals surface area contributed by atoms with Crippen LogP contribution < -0.4 is 4.74 Å². The Balaban J connectivity index is 3.47. The fraction of sp³-hybridized carbons (Fsp3) is 0.375.